The molecule has 0 aromatic heterocycles. The monoisotopic (exact) mass is 442 g/mol. The number of nitrogens with zero attached hydrogens (tertiary/aromatic N) is 2. The summed E-state index contributed by atoms with van der Waals surface area (Å²) in [6.45, 7) is 7.00. The van der Waals surface area contributed by atoms with Gasteiger partial charge >= 0.3 is 5.97 Å². The second-order valence-corrected chi connectivity index (χ2v) is 8.13. The minimum Gasteiger partial charge on any atom is -0.460 e. The fourth-order valence-corrected chi connectivity index (χ4v) is 3.73. The van der Waals surface area contributed by atoms with Crippen molar-refractivity contribution in [1.29, 1.82) is 5.26 Å². The number of carbonyl (C=O) groups is 1. The summed E-state index contributed by atoms with van der Waals surface area (Å²) in [6.07, 6.45) is 0. The number of nitriles is 1. The molecule has 5 heteroatoms. The van der Waals surface area contributed by atoms with Gasteiger partial charge in [0, 0.05) is 0 Å². The summed E-state index contributed by atoms with van der Waals surface area (Å²) < 4.78 is 5.63. The molecule has 0 aliphatic heterocycles. The Kier molecular flexibility index (Phi) is 8.77. The number of rotatable bonds is 10. The standard InChI is InChI=1S/C28H30N2O3/c1-4-33-30(27(21(2)3)28(31)32-20-23-10-6-5-7-11-23)19-22-14-16-24(17-15-22)26-13-9-8-12-25(26)18-29/h5-17,21,27H,4,19-20H2,1-3H3/t27-/m0/s1. The van der Waals surface area contributed by atoms with E-state index in [0.29, 0.717) is 18.7 Å². The van der Waals surface area contributed by atoms with Crippen molar-refractivity contribution in [3.63, 3.8) is 0 Å². The average Bonchev–Trinajstić information content (AvgIpc) is 2.84. The lowest BCUT2D eigenvalue weighted by Crippen LogP contribution is -2.45. The second kappa shape index (κ2) is 12.0. The lowest BCUT2D eigenvalue weighted by molar-refractivity contribution is -0.212. The first-order chi connectivity index (χ1) is 16.0. The number of esters is 1. The Morgan fingerprint density at radius 2 is 1.61 bits per heavy atom. The van der Waals surface area contributed by atoms with Gasteiger partial charge in [-0.1, -0.05) is 86.6 Å². The molecule has 3 aromatic rings. The first-order valence-electron chi connectivity index (χ1n) is 11.2. The van der Waals surface area contributed by atoms with E-state index in [2.05, 4.69) is 6.07 Å². The van der Waals surface area contributed by atoms with Gasteiger partial charge in [0.25, 0.3) is 0 Å². The van der Waals surface area contributed by atoms with Gasteiger partial charge in [0.2, 0.25) is 0 Å². The van der Waals surface area contributed by atoms with E-state index in [0.717, 1.165) is 22.3 Å². The van der Waals surface area contributed by atoms with Gasteiger partial charge in [-0.2, -0.15) is 10.3 Å². The van der Waals surface area contributed by atoms with Crippen LogP contribution in [0.4, 0.5) is 0 Å². The maximum atomic E-state index is 13.0. The van der Waals surface area contributed by atoms with Crippen LogP contribution in [0.3, 0.4) is 0 Å². The van der Waals surface area contributed by atoms with E-state index < -0.39 is 6.04 Å². The van der Waals surface area contributed by atoms with Crippen LogP contribution in [0.15, 0.2) is 78.9 Å². The van der Waals surface area contributed by atoms with Crippen LogP contribution in [-0.2, 0) is 27.5 Å². The molecule has 5 nitrogen and oxygen atoms in total. The van der Waals surface area contributed by atoms with E-state index in [-0.39, 0.29) is 18.5 Å². The maximum Gasteiger partial charge on any atom is 0.326 e. The largest absolute Gasteiger partial charge is 0.460 e. The van der Waals surface area contributed by atoms with Gasteiger partial charge in [0.1, 0.15) is 12.6 Å². The Hall–Kier alpha value is -3.46. The normalized spacial score (nSPS) is 11.9. The molecule has 0 spiro atoms. The highest BCUT2D eigenvalue weighted by Crippen LogP contribution is 2.25. The number of hydroxylamine groups is 2. The third kappa shape index (κ3) is 6.52. The predicted octanol–water partition coefficient (Wildman–Crippen LogP) is 5.75. The average molecular weight is 443 g/mol. The molecule has 0 fully saturated rings. The first kappa shape index (κ1) is 24.2. The lowest BCUT2D eigenvalue weighted by Gasteiger charge is -2.31. The SMILES string of the molecule is CCON(Cc1ccc(-c2ccccc2C#N)cc1)[C@H](C(=O)OCc1ccccc1)C(C)C. The molecular weight excluding hydrogens is 412 g/mol. The third-order valence-corrected chi connectivity index (χ3v) is 5.35. The van der Waals surface area contributed by atoms with Crippen molar-refractivity contribution in [2.24, 2.45) is 5.92 Å². The molecule has 0 saturated heterocycles. The van der Waals surface area contributed by atoms with Crippen LogP contribution < -0.4 is 0 Å². The van der Waals surface area contributed by atoms with Crippen LogP contribution in [-0.4, -0.2) is 23.7 Å². The van der Waals surface area contributed by atoms with Gasteiger partial charge in [-0.25, -0.2) is 0 Å². The van der Waals surface area contributed by atoms with Crippen LogP contribution in [0.1, 0.15) is 37.5 Å². The fraction of sp³-hybridized carbons (Fsp3) is 0.286. The van der Waals surface area contributed by atoms with E-state index in [1.165, 1.54) is 0 Å². The van der Waals surface area contributed by atoms with Crippen molar-refractivity contribution in [3.05, 3.63) is 95.6 Å². The number of ether oxygens (including phenoxy) is 1. The number of hydrogen-bond acceptors (Lipinski definition) is 5. The van der Waals surface area contributed by atoms with Gasteiger partial charge in [-0.3, -0.25) is 9.63 Å². The molecule has 0 aliphatic rings. The summed E-state index contributed by atoms with van der Waals surface area (Å²) in [5.74, 6) is -0.302. The highest BCUT2D eigenvalue weighted by molar-refractivity contribution is 5.76. The topological polar surface area (TPSA) is 62.6 Å². The van der Waals surface area contributed by atoms with Crippen molar-refractivity contribution in [3.8, 4) is 17.2 Å². The molecule has 3 rings (SSSR count). The maximum absolute atomic E-state index is 13.0. The van der Waals surface area contributed by atoms with Crippen LogP contribution in [0, 0.1) is 17.2 Å². The van der Waals surface area contributed by atoms with Crippen molar-refractivity contribution < 1.29 is 14.4 Å². The number of hydrogen-bond donors (Lipinski definition) is 0. The summed E-state index contributed by atoms with van der Waals surface area (Å²) in [5, 5.41) is 11.1. The Bertz CT molecular complexity index is 1070. The van der Waals surface area contributed by atoms with Gasteiger partial charge in [-0.05, 0) is 41.2 Å². The zero-order valence-corrected chi connectivity index (χ0v) is 19.4. The van der Waals surface area contributed by atoms with Crippen LogP contribution in [0.5, 0.6) is 0 Å². The number of benzene rings is 3. The minimum absolute atomic E-state index is 0.00148. The zero-order chi connectivity index (χ0) is 23.6. The lowest BCUT2D eigenvalue weighted by atomic mass is 9.99. The van der Waals surface area contributed by atoms with Crippen molar-refractivity contribution >= 4 is 5.97 Å². The van der Waals surface area contributed by atoms with Gasteiger partial charge < -0.3 is 4.74 Å². The Balaban J connectivity index is 1.74. The molecule has 0 saturated carbocycles. The van der Waals surface area contributed by atoms with Gasteiger partial charge in [-0.15, -0.1) is 0 Å². The Labute approximate surface area is 196 Å². The fourth-order valence-electron chi connectivity index (χ4n) is 3.73. The van der Waals surface area contributed by atoms with Crippen LogP contribution >= 0.6 is 0 Å². The molecule has 0 heterocycles. The molecule has 3 aromatic carbocycles. The Morgan fingerprint density at radius 3 is 2.24 bits per heavy atom. The van der Waals surface area contributed by atoms with E-state index in [1.807, 2.05) is 99.6 Å². The zero-order valence-electron chi connectivity index (χ0n) is 19.4. The highest BCUT2D eigenvalue weighted by atomic mass is 16.7. The second-order valence-electron chi connectivity index (χ2n) is 8.13. The van der Waals surface area contributed by atoms with E-state index in [4.69, 9.17) is 9.57 Å². The first-order valence-corrected chi connectivity index (χ1v) is 11.2. The summed E-state index contributed by atoms with van der Waals surface area (Å²) in [6, 6.07) is 26.9. The molecule has 0 unspecified atom stereocenters. The molecule has 0 bridgehead atoms. The van der Waals surface area contributed by atoms with Crippen molar-refractivity contribution in [2.45, 2.75) is 40.0 Å². The summed E-state index contributed by atoms with van der Waals surface area (Å²) in [4.78, 5) is 18.9. The van der Waals surface area contributed by atoms with E-state index in [9.17, 15) is 10.1 Å². The smallest absolute Gasteiger partial charge is 0.326 e. The predicted molar refractivity (Wildman–Crippen MR) is 129 cm³/mol. The summed E-state index contributed by atoms with van der Waals surface area (Å²) in [5.41, 5.74) is 4.47. The van der Waals surface area contributed by atoms with Crippen LogP contribution in [0.25, 0.3) is 11.1 Å². The molecule has 0 aliphatic carbocycles. The molecule has 0 amide bonds. The van der Waals surface area contributed by atoms with Gasteiger partial charge in [0.15, 0.2) is 0 Å². The van der Waals surface area contributed by atoms with Crippen LogP contribution in [0.2, 0.25) is 0 Å². The number of carbonyl (C=O) groups excluding carboxylic acids is 1. The van der Waals surface area contributed by atoms with Crippen molar-refractivity contribution in [1.82, 2.24) is 5.06 Å². The summed E-state index contributed by atoms with van der Waals surface area (Å²) >= 11 is 0. The third-order valence-electron chi connectivity index (χ3n) is 5.35. The highest BCUT2D eigenvalue weighted by Gasteiger charge is 2.31. The molecular formula is C28H30N2O3. The quantitative estimate of drug-likeness (QED) is 0.296. The minimum atomic E-state index is -0.535. The molecule has 1 atom stereocenters. The van der Waals surface area contributed by atoms with Gasteiger partial charge in [0.05, 0.1) is 24.8 Å². The summed E-state index contributed by atoms with van der Waals surface area (Å²) in [7, 11) is 0. The molecule has 33 heavy (non-hydrogen) atoms. The van der Waals surface area contributed by atoms with E-state index >= 15 is 0 Å². The molecule has 170 valence electrons. The van der Waals surface area contributed by atoms with E-state index in [1.54, 1.807) is 5.06 Å². The van der Waals surface area contributed by atoms with Crippen molar-refractivity contribution in [2.75, 3.05) is 6.61 Å². The Morgan fingerprint density at radius 1 is 0.939 bits per heavy atom. The molecule has 0 radical (unpaired) electrons. The molecule has 0 N–H and O–H groups in total.